The first kappa shape index (κ1) is 17.8. The lowest BCUT2D eigenvalue weighted by atomic mass is 10.2. The molecule has 2 N–H and O–H groups in total. The molecule has 3 aromatic carbocycles. The molecule has 0 amide bonds. The Morgan fingerprint density at radius 3 is 2.07 bits per heavy atom. The molecule has 140 valence electrons. The lowest BCUT2D eigenvalue weighted by Gasteiger charge is -2.14. The van der Waals surface area contributed by atoms with Gasteiger partial charge in [-0.2, -0.15) is 4.98 Å². The van der Waals surface area contributed by atoms with Crippen molar-refractivity contribution in [2.75, 3.05) is 29.6 Å². The molecule has 1 aromatic heterocycles. The number of hydrogen-bond acceptors (Lipinski definition) is 5. The Labute approximate surface area is 165 Å². The molecular weight excluding hydrogens is 346 g/mol. The van der Waals surface area contributed by atoms with Crippen LogP contribution in [0.5, 0.6) is 0 Å². The molecule has 0 aliphatic heterocycles. The summed E-state index contributed by atoms with van der Waals surface area (Å²) in [6.07, 6.45) is 0. The van der Waals surface area contributed by atoms with Crippen LogP contribution in [0.1, 0.15) is 5.56 Å². The van der Waals surface area contributed by atoms with E-state index >= 15 is 0 Å². The van der Waals surface area contributed by atoms with Crippen LogP contribution in [0.3, 0.4) is 0 Å². The Hall–Kier alpha value is -3.60. The maximum Gasteiger partial charge on any atom is 0.229 e. The quantitative estimate of drug-likeness (QED) is 0.487. The highest BCUT2D eigenvalue weighted by molar-refractivity contribution is 5.92. The van der Waals surface area contributed by atoms with Crippen molar-refractivity contribution in [3.8, 4) is 0 Å². The van der Waals surface area contributed by atoms with Gasteiger partial charge in [-0.25, -0.2) is 4.98 Å². The van der Waals surface area contributed by atoms with Crippen LogP contribution in [0.2, 0.25) is 0 Å². The molecule has 5 heteroatoms. The Morgan fingerprint density at radius 2 is 1.36 bits per heavy atom. The third-order valence-corrected chi connectivity index (χ3v) is 4.56. The largest absolute Gasteiger partial charge is 0.378 e. The lowest BCUT2D eigenvalue weighted by molar-refractivity contribution is 1.13. The van der Waals surface area contributed by atoms with Gasteiger partial charge in [0.25, 0.3) is 0 Å². The van der Waals surface area contributed by atoms with Crippen LogP contribution >= 0.6 is 0 Å². The van der Waals surface area contributed by atoms with Gasteiger partial charge in [0.2, 0.25) is 5.95 Å². The monoisotopic (exact) mass is 369 g/mol. The van der Waals surface area contributed by atoms with Gasteiger partial charge < -0.3 is 15.5 Å². The van der Waals surface area contributed by atoms with Gasteiger partial charge in [0, 0.05) is 36.5 Å². The molecule has 0 saturated heterocycles. The van der Waals surface area contributed by atoms with E-state index in [9.17, 15) is 0 Å². The fourth-order valence-corrected chi connectivity index (χ4v) is 2.97. The number of nitrogens with zero attached hydrogens (tertiary/aromatic N) is 3. The van der Waals surface area contributed by atoms with Gasteiger partial charge in [-0.05, 0) is 55.5 Å². The van der Waals surface area contributed by atoms with Crippen LogP contribution in [-0.4, -0.2) is 24.1 Å². The topological polar surface area (TPSA) is 53.1 Å². The molecule has 5 nitrogen and oxygen atoms in total. The first-order valence-corrected chi connectivity index (χ1v) is 9.23. The highest BCUT2D eigenvalue weighted by Crippen LogP contribution is 2.27. The zero-order valence-electron chi connectivity index (χ0n) is 16.3. The fourth-order valence-electron chi connectivity index (χ4n) is 2.97. The van der Waals surface area contributed by atoms with E-state index in [0.29, 0.717) is 5.95 Å². The van der Waals surface area contributed by atoms with E-state index < -0.39 is 0 Å². The average Bonchev–Trinajstić information content (AvgIpc) is 2.70. The van der Waals surface area contributed by atoms with Gasteiger partial charge in [0.15, 0.2) is 0 Å². The summed E-state index contributed by atoms with van der Waals surface area (Å²) in [6, 6.07) is 24.5. The van der Waals surface area contributed by atoms with Gasteiger partial charge in [-0.15, -0.1) is 0 Å². The van der Waals surface area contributed by atoms with E-state index in [0.717, 1.165) is 33.8 Å². The third-order valence-electron chi connectivity index (χ3n) is 4.56. The third kappa shape index (κ3) is 3.88. The summed E-state index contributed by atoms with van der Waals surface area (Å²) in [5.41, 5.74) is 5.20. The van der Waals surface area contributed by atoms with Crippen molar-refractivity contribution < 1.29 is 0 Å². The summed E-state index contributed by atoms with van der Waals surface area (Å²) in [5, 5.41) is 7.73. The lowest BCUT2D eigenvalue weighted by Crippen LogP contribution is -2.08. The van der Waals surface area contributed by atoms with E-state index in [1.165, 1.54) is 5.56 Å². The summed E-state index contributed by atoms with van der Waals surface area (Å²) in [4.78, 5) is 11.5. The highest BCUT2D eigenvalue weighted by atomic mass is 15.1. The molecule has 4 rings (SSSR count). The molecule has 1 heterocycles. The van der Waals surface area contributed by atoms with Gasteiger partial charge in [0.05, 0.1) is 5.52 Å². The average molecular weight is 369 g/mol. The van der Waals surface area contributed by atoms with Crippen molar-refractivity contribution in [2.24, 2.45) is 0 Å². The van der Waals surface area contributed by atoms with Crippen molar-refractivity contribution in [3.05, 3.63) is 78.4 Å². The van der Waals surface area contributed by atoms with Gasteiger partial charge in [-0.3, -0.25) is 0 Å². The number of hydrogen-bond donors (Lipinski definition) is 2. The number of benzene rings is 3. The molecule has 28 heavy (non-hydrogen) atoms. The van der Waals surface area contributed by atoms with Crippen molar-refractivity contribution in [2.45, 2.75) is 6.92 Å². The van der Waals surface area contributed by atoms with E-state index in [1.807, 2.05) is 50.5 Å². The molecule has 4 aromatic rings. The normalized spacial score (nSPS) is 10.7. The number of para-hydroxylation sites is 1. The van der Waals surface area contributed by atoms with Gasteiger partial charge in [-0.1, -0.05) is 29.8 Å². The standard InChI is InChI=1S/C23H23N5/c1-16-8-10-17(11-9-16)24-22-20-6-4-5-7-21(20)26-23(27-22)25-18-12-14-19(15-13-18)28(2)3/h4-15H,1-3H3,(H2,24,25,26,27). The fraction of sp³-hybridized carbons (Fsp3) is 0.130. The summed E-state index contributed by atoms with van der Waals surface area (Å²) >= 11 is 0. The molecule has 0 spiro atoms. The van der Waals surface area contributed by atoms with Gasteiger partial charge >= 0.3 is 0 Å². The number of rotatable bonds is 5. The predicted molar refractivity (Wildman–Crippen MR) is 118 cm³/mol. The number of aromatic nitrogens is 2. The maximum atomic E-state index is 4.73. The zero-order valence-corrected chi connectivity index (χ0v) is 16.3. The van der Waals surface area contributed by atoms with Crippen LogP contribution < -0.4 is 15.5 Å². The second kappa shape index (κ2) is 7.56. The van der Waals surface area contributed by atoms with Crippen molar-refractivity contribution >= 4 is 39.7 Å². The highest BCUT2D eigenvalue weighted by Gasteiger charge is 2.08. The molecule has 0 bridgehead atoms. The van der Waals surface area contributed by atoms with Crippen LogP contribution in [0.4, 0.5) is 28.8 Å². The van der Waals surface area contributed by atoms with E-state index in [-0.39, 0.29) is 0 Å². The van der Waals surface area contributed by atoms with Gasteiger partial charge in [0.1, 0.15) is 5.82 Å². The number of aryl methyl sites for hydroxylation is 1. The minimum atomic E-state index is 0.561. The van der Waals surface area contributed by atoms with Crippen molar-refractivity contribution in [3.63, 3.8) is 0 Å². The number of nitrogens with one attached hydrogen (secondary N) is 2. The van der Waals surface area contributed by atoms with Crippen molar-refractivity contribution in [1.82, 2.24) is 9.97 Å². The molecule has 0 unspecified atom stereocenters. The Bertz CT molecular complexity index is 1090. The number of anilines is 5. The molecule has 0 saturated carbocycles. The zero-order chi connectivity index (χ0) is 19.5. The van der Waals surface area contributed by atoms with E-state index in [1.54, 1.807) is 0 Å². The molecule has 0 aliphatic carbocycles. The summed E-state index contributed by atoms with van der Waals surface area (Å²) < 4.78 is 0. The summed E-state index contributed by atoms with van der Waals surface area (Å²) in [5.74, 6) is 1.34. The minimum absolute atomic E-state index is 0.561. The Balaban J connectivity index is 1.68. The maximum absolute atomic E-state index is 4.73. The summed E-state index contributed by atoms with van der Waals surface area (Å²) in [6.45, 7) is 2.08. The van der Waals surface area contributed by atoms with E-state index in [4.69, 9.17) is 4.98 Å². The predicted octanol–water partition coefficient (Wildman–Crippen LogP) is 5.49. The van der Waals surface area contributed by atoms with Crippen LogP contribution in [0.15, 0.2) is 72.8 Å². The second-order valence-electron chi connectivity index (χ2n) is 6.97. The summed E-state index contributed by atoms with van der Waals surface area (Å²) in [7, 11) is 4.05. The van der Waals surface area contributed by atoms with Crippen LogP contribution in [0, 0.1) is 6.92 Å². The minimum Gasteiger partial charge on any atom is -0.378 e. The first-order valence-electron chi connectivity index (χ1n) is 9.23. The second-order valence-corrected chi connectivity index (χ2v) is 6.97. The Morgan fingerprint density at radius 1 is 0.714 bits per heavy atom. The molecule has 0 fully saturated rings. The molecule has 0 aliphatic rings. The van der Waals surface area contributed by atoms with Crippen LogP contribution in [-0.2, 0) is 0 Å². The first-order chi connectivity index (χ1) is 13.6. The molecule has 0 atom stereocenters. The van der Waals surface area contributed by atoms with Crippen molar-refractivity contribution in [1.29, 1.82) is 0 Å². The van der Waals surface area contributed by atoms with Crippen LogP contribution in [0.25, 0.3) is 10.9 Å². The molecular formula is C23H23N5. The smallest absolute Gasteiger partial charge is 0.229 e. The number of fused-ring (bicyclic) bond motifs is 1. The SMILES string of the molecule is Cc1ccc(Nc2nc(Nc3ccc(N(C)C)cc3)nc3ccccc23)cc1. The Kier molecular flexibility index (Phi) is 4.81. The molecule has 0 radical (unpaired) electrons. The van der Waals surface area contributed by atoms with E-state index in [2.05, 4.69) is 63.8 Å².